The van der Waals surface area contributed by atoms with Crippen LogP contribution in [0, 0.1) is 0 Å². The zero-order chi connectivity index (χ0) is 19.9. The van der Waals surface area contributed by atoms with Gasteiger partial charge < -0.3 is 5.32 Å². The molecule has 1 N–H and O–H groups in total. The van der Waals surface area contributed by atoms with Crippen LogP contribution >= 0.6 is 0 Å². The van der Waals surface area contributed by atoms with Gasteiger partial charge in [0.25, 0.3) is 0 Å². The maximum absolute atomic E-state index is 12.5. The van der Waals surface area contributed by atoms with E-state index in [1.165, 1.54) is 18.4 Å². The van der Waals surface area contributed by atoms with E-state index in [2.05, 4.69) is 56.6 Å². The molecule has 29 heavy (non-hydrogen) atoms. The maximum atomic E-state index is 12.5. The summed E-state index contributed by atoms with van der Waals surface area (Å²) in [6, 6.07) is 12.7. The summed E-state index contributed by atoms with van der Waals surface area (Å²) in [5.41, 5.74) is 1.24. The first kappa shape index (κ1) is 19.9. The summed E-state index contributed by atoms with van der Waals surface area (Å²) < 4.78 is 2.00. The third-order valence-corrected chi connectivity index (χ3v) is 5.91. The number of aromatic nitrogens is 2. The molecule has 4 rings (SSSR count). The standard InChI is InChI=1S/C23H31N5O/c29-23(25-22-12-13-24-28(22)21-10-4-5-11-21)19-27-17-15-26(16-18-27)14-6-9-20-7-2-1-3-8-20/h1-3,6-9,12-13,21H,4-5,10-11,14-19H2,(H,25,29)/b9-6+. The predicted molar refractivity (Wildman–Crippen MR) is 117 cm³/mol. The number of nitrogens with one attached hydrogen (secondary N) is 1. The van der Waals surface area contributed by atoms with E-state index in [-0.39, 0.29) is 5.91 Å². The van der Waals surface area contributed by atoms with Gasteiger partial charge in [0.15, 0.2) is 0 Å². The van der Waals surface area contributed by atoms with Gasteiger partial charge in [-0.2, -0.15) is 5.10 Å². The molecule has 1 aliphatic heterocycles. The Labute approximate surface area is 173 Å². The molecule has 6 heteroatoms. The van der Waals surface area contributed by atoms with Crippen LogP contribution in [0.5, 0.6) is 0 Å². The SMILES string of the molecule is O=C(CN1CCN(C/C=C/c2ccccc2)CC1)Nc1ccnn1C1CCCC1. The molecule has 2 aromatic rings. The Morgan fingerprint density at radius 1 is 1.03 bits per heavy atom. The lowest BCUT2D eigenvalue weighted by molar-refractivity contribution is -0.117. The summed E-state index contributed by atoms with van der Waals surface area (Å²) in [5, 5.41) is 7.51. The molecule has 0 radical (unpaired) electrons. The van der Waals surface area contributed by atoms with Gasteiger partial charge in [-0.1, -0.05) is 55.3 Å². The number of amides is 1. The molecule has 1 aromatic carbocycles. The van der Waals surface area contributed by atoms with Gasteiger partial charge in [0.05, 0.1) is 18.8 Å². The fraction of sp³-hybridized carbons (Fsp3) is 0.478. The first-order valence-corrected chi connectivity index (χ1v) is 10.8. The number of carbonyl (C=O) groups excluding carboxylic acids is 1. The van der Waals surface area contributed by atoms with Crippen molar-refractivity contribution in [3.05, 3.63) is 54.2 Å². The van der Waals surface area contributed by atoms with Crippen LogP contribution < -0.4 is 5.32 Å². The van der Waals surface area contributed by atoms with Gasteiger partial charge in [-0.05, 0) is 18.4 Å². The normalized spacial score (nSPS) is 19.2. The molecule has 0 unspecified atom stereocenters. The van der Waals surface area contributed by atoms with Gasteiger partial charge in [-0.3, -0.25) is 14.6 Å². The molecule has 1 amide bonds. The summed E-state index contributed by atoms with van der Waals surface area (Å²) >= 11 is 0. The average molecular weight is 394 g/mol. The zero-order valence-corrected chi connectivity index (χ0v) is 17.0. The van der Waals surface area contributed by atoms with Crippen LogP contribution in [0.15, 0.2) is 48.7 Å². The van der Waals surface area contributed by atoms with Crippen LogP contribution in [0.2, 0.25) is 0 Å². The van der Waals surface area contributed by atoms with Gasteiger partial charge >= 0.3 is 0 Å². The Morgan fingerprint density at radius 2 is 1.76 bits per heavy atom. The van der Waals surface area contributed by atoms with Crippen molar-refractivity contribution in [2.75, 3.05) is 44.6 Å². The smallest absolute Gasteiger partial charge is 0.239 e. The average Bonchev–Trinajstić information content (AvgIpc) is 3.42. The molecule has 2 heterocycles. The van der Waals surface area contributed by atoms with Crippen molar-refractivity contribution < 1.29 is 4.79 Å². The summed E-state index contributed by atoms with van der Waals surface area (Å²) in [7, 11) is 0. The van der Waals surface area contributed by atoms with E-state index in [9.17, 15) is 4.79 Å². The highest BCUT2D eigenvalue weighted by molar-refractivity contribution is 5.91. The van der Waals surface area contributed by atoms with Gasteiger partial charge in [0.2, 0.25) is 5.91 Å². The Bertz CT molecular complexity index is 802. The van der Waals surface area contributed by atoms with Gasteiger partial charge in [-0.25, -0.2) is 4.68 Å². The van der Waals surface area contributed by atoms with Crippen molar-refractivity contribution in [3.8, 4) is 0 Å². The van der Waals surface area contributed by atoms with E-state index in [0.29, 0.717) is 12.6 Å². The van der Waals surface area contributed by atoms with Crippen molar-refractivity contribution in [3.63, 3.8) is 0 Å². The van der Waals surface area contributed by atoms with E-state index in [0.717, 1.165) is 51.4 Å². The molecule has 1 aliphatic carbocycles. The highest BCUT2D eigenvalue weighted by Crippen LogP contribution is 2.31. The molecule has 0 spiro atoms. The van der Waals surface area contributed by atoms with Gasteiger partial charge in [0, 0.05) is 38.8 Å². The molecule has 0 atom stereocenters. The van der Waals surface area contributed by atoms with Crippen molar-refractivity contribution in [2.45, 2.75) is 31.7 Å². The molecule has 2 aliphatic rings. The van der Waals surface area contributed by atoms with Crippen molar-refractivity contribution >= 4 is 17.8 Å². The van der Waals surface area contributed by atoms with Crippen molar-refractivity contribution in [1.29, 1.82) is 0 Å². The van der Waals surface area contributed by atoms with Crippen molar-refractivity contribution in [1.82, 2.24) is 19.6 Å². The molecule has 1 aromatic heterocycles. The largest absolute Gasteiger partial charge is 0.310 e. The lowest BCUT2D eigenvalue weighted by Crippen LogP contribution is -2.48. The lowest BCUT2D eigenvalue weighted by atomic mass is 10.2. The minimum absolute atomic E-state index is 0.0576. The second-order valence-electron chi connectivity index (χ2n) is 8.04. The number of hydrogen-bond donors (Lipinski definition) is 1. The molecule has 1 saturated carbocycles. The first-order chi connectivity index (χ1) is 14.3. The number of benzene rings is 1. The number of piperazine rings is 1. The highest BCUT2D eigenvalue weighted by atomic mass is 16.2. The quantitative estimate of drug-likeness (QED) is 0.784. The van der Waals surface area contributed by atoms with Crippen LogP contribution in [0.25, 0.3) is 6.08 Å². The van der Waals surface area contributed by atoms with Crippen LogP contribution in [-0.2, 0) is 4.79 Å². The molecular weight excluding hydrogens is 362 g/mol. The zero-order valence-electron chi connectivity index (χ0n) is 17.0. The number of hydrogen-bond acceptors (Lipinski definition) is 4. The summed E-state index contributed by atoms with van der Waals surface area (Å²) in [4.78, 5) is 17.2. The van der Waals surface area contributed by atoms with Gasteiger partial charge in [-0.15, -0.1) is 0 Å². The Hall–Kier alpha value is -2.44. The Balaban J connectivity index is 1.19. The van der Waals surface area contributed by atoms with E-state index in [4.69, 9.17) is 0 Å². The molecule has 154 valence electrons. The molecular formula is C23H31N5O. The highest BCUT2D eigenvalue weighted by Gasteiger charge is 2.22. The van der Waals surface area contributed by atoms with E-state index in [1.807, 2.05) is 16.8 Å². The maximum Gasteiger partial charge on any atom is 0.239 e. The fourth-order valence-electron chi connectivity index (χ4n) is 4.27. The van der Waals surface area contributed by atoms with Crippen LogP contribution in [0.1, 0.15) is 37.3 Å². The van der Waals surface area contributed by atoms with E-state index in [1.54, 1.807) is 6.20 Å². The number of carbonyl (C=O) groups is 1. The van der Waals surface area contributed by atoms with Crippen LogP contribution in [0.3, 0.4) is 0 Å². The fourth-order valence-corrected chi connectivity index (χ4v) is 4.27. The van der Waals surface area contributed by atoms with Crippen LogP contribution in [0.4, 0.5) is 5.82 Å². The van der Waals surface area contributed by atoms with Gasteiger partial charge in [0.1, 0.15) is 5.82 Å². The second kappa shape index (κ2) is 9.85. The summed E-state index contributed by atoms with van der Waals surface area (Å²) in [5.74, 6) is 0.897. The molecule has 0 bridgehead atoms. The number of anilines is 1. The summed E-state index contributed by atoms with van der Waals surface area (Å²) in [6.07, 6.45) is 11.0. The number of nitrogens with zero attached hydrogens (tertiary/aromatic N) is 4. The third kappa shape index (κ3) is 5.55. The lowest BCUT2D eigenvalue weighted by Gasteiger charge is -2.33. The third-order valence-electron chi connectivity index (χ3n) is 5.91. The van der Waals surface area contributed by atoms with Crippen molar-refractivity contribution in [2.24, 2.45) is 0 Å². The first-order valence-electron chi connectivity index (χ1n) is 10.8. The monoisotopic (exact) mass is 393 g/mol. The van der Waals surface area contributed by atoms with Crippen LogP contribution in [-0.4, -0.2) is 64.8 Å². The molecule has 1 saturated heterocycles. The molecule has 6 nitrogen and oxygen atoms in total. The minimum atomic E-state index is 0.0576. The Morgan fingerprint density at radius 3 is 2.52 bits per heavy atom. The minimum Gasteiger partial charge on any atom is -0.310 e. The Kier molecular flexibility index (Phi) is 6.75. The molecule has 2 fully saturated rings. The summed E-state index contributed by atoms with van der Waals surface area (Å²) in [6.45, 7) is 5.24. The predicted octanol–water partition coefficient (Wildman–Crippen LogP) is 3.27. The topological polar surface area (TPSA) is 53.4 Å². The van der Waals surface area contributed by atoms with E-state index < -0.39 is 0 Å². The van der Waals surface area contributed by atoms with E-state index >= 15 is 0 Å². The number of rotatable bonds is 7. The second-order valence-corrected chi connectivity index (χ2v) is 8.04.